The molecule has 17 heteroatoms. The zero-order chi connectivity index (χ0) is 44.0. The van der Waals surface area contributed by atoms with E-state index in [1.54, 1.807) is 37.3 Å². The summed E-state index contributed by atoms with van der Waals surface area (Å²) in [6.45, 7) is 3.00. The van der Waals surface area contributed by atoms with Gasteiger partial charge in [-0.15, -0.1) is 11.3 Å². The Balaban J connectivity index is 0.858. The minimum absolute atomic E-state index is 0.0930. The fraction of sp³-hybridized carbons (Fsp3) is 0.489. The summed E-state index contributed by atoms with van der Waals surface area (Å²) in [6.07, 6.45) is 4.92. The predicted molar refractivity (Wildman–Crippen MR) is 232 cm³/mol. The number of carbonyl (C=O) groups is 4. The molecule has 3 fully saturated rings. The van der Waals surface area contributed by atoms with Gasteiger partial charge in [0.2, 0.25) is 11.8 Å². The third-order valence-corrected chi connectivity index (χ3v) is 14.0. The van der Waals surface area contributed by atoms with Gasteiger partial charge in [-0.05, 0) is 106 Å². The number of anilines is 1. The van der Waals surface area contributed by atoms with Crippen LogP contribution in [0.3, 0.4) is 0 Å². The highest BCUT2D eigenvalue weighted by atomic mass is 32.1. The van der Waals surface area contributed by atoms with Crippen LogP contribution in [0.1, 0.15) is 69.7 Å². The number of aryl methyl sites for hydroxylation is 1. The van der Waals surface area contributed by atoms with Gasteiger partial charge in [0.05, 0.1) is 42.6 Å². The van der Waals surface area contributed by atoms with Crippen molar-refractivity contribution >= 4 is 50.7 Å². The Morgan fingerprint density at radius 1 is 0.968 bits per heavy atom. The van der Waals surface area contributed by atoms with E-state index in [4.69, 9.17) is 9.47 Å². The van der Waals surface area contributed by atoms with Crippen molar-refractivity contribution in [2.45, 2.75) is 69.6 Å². The summed E-state index contributed by atoms with van der Waals surface area (Å²) < 4.78 is 45.0. The van der Waals surface area contributed by atoms with E-state index in [1.165, 1.54) is 10.6 Å². The number of nitrogens with zero attached hydrogens (tertiary/aromatic N) is 5. The van der Waals surface area contributed by atoms with Crippen LogP contribution in [0.4, 0.5) is 14.5 Å². The zero-order valence-corrected chi connectivity index (χ0v) is 36.5. The van der Waals surface area contributed by atoms with Crippen molar-refractivity contribution in [3.8, 4) is 22.6 Å². The number of likely N-dealkylation sites (tertiary alicyclic amines) is 1. The van der Waals surface area contributed by atoms with Crippen molar-refractivity contribution < 1.29 is 37.4 Å². The van der Waals surface area contributed by atoms with Crippen LogP contribution >= 0.6 is 11.3 Å². The standard InChI is InChI=1S/C45H53F2N7O7S/c1-50(2)23-33-35(60-4)19-27(20-36(33)61-5)32-24-51(3)43(58)31-21-37(62-40(31)32)42(57)48-38-13-15-52(25-45(38,46)47)14-10-26-11-16-53(17-12-26)29-6-7-30-28(18-29)22-54(44(30)59)34-8-9-39(55)49-41(34)56/h6-7,18-21,24,26,34,38H,8-17,22-23,25H2,1-5H3,(H,48,57)(H,49,55,56). The maximum atomic E-state index is 15.7. The summed E-state index contributed by atoms with van der Waals surface area (Å²) in [5.74, 6) is -3.14. The van der Waals surface area contributed by atoms with E-state index in [0.29, 0.717) is 71.2 Å². The number of amides is 4. The molecule has 4 aliphatic heterocycles. The van der Waals surface area contributed by atoms with Gasteiger partial charge in [-0.3, -0.25) is 34.2 Å². The van der Waals surface area contributed by atoms with Gasteiger partial charge in [-0.1, -0.05) is 0 Å². The second-order valence-electron chi connectivity index (χ2n) is 17.2. The van der Waals surface area contributed by atoms with Gasteiger partial charge >= 0.3 is 0 Å². The molecule has 4 aromatic rings. The molecule has 4 amide bonds. The number of hydrogen-bond donors (Lipinski definition) is 2. The summed E-state index contributed by atoms with van der Waals surface area (Å²) in [6, 6.07) is 9.02. The number of thiophene rings is 1. The number of imide groups is 1. The number of carbonyl (C=O) groups excluding carboxylic acids is 4. The Hall–Kier alpha value is -5.39. The van der Waals surface area contributed by atoms with Crippen LogP contribution in [0, 0.1) is 5.92 Å². The number of ether oxygens (including phenoxy) is 2. The first-order chi connectivity index (χ1) is 29.6. The molecule has 0 saturated carbocycles. The molecule has 3 saturated heterocycles. The largest absolute Gasteiger partial charge is 0.496 e. The molecule has 2 N–H and O–H groups in total. The molecule has 2 atom stereocenters. The minimum atomic E-state index is -3.15. The van der Waals surface area contributed by atoms with E-state index in [9.17, 15) is 24.0 Å². The molecule has 0 aliphatic carbocycles. The van der Waals surface area contributed by atoms with Crippen molar-refractivity contribution in [2.75, 3.05) is 65.9 Å². The second-order valence-corrected chi connectivity index (χ2v) is 18.3. The molecule has 6 heterocycles. The molecule has 330 valence electrons. The topological polar surface area (TPSA) is 146 Å². The Morgan fingerprint density at radius 2 is 1.69 bits per heavy atom. The lowest BCUT2D eigenvalue weighted by atomic mass is 9.92. The number of rotatable bonds is 12. The van der Waals surface area contributed by atoms with Crippen LogP contribution in [0.25, 0.3) is 21.2 Å². The van der Waals surface area contributed by atoms with Gasteiger partial charge in [-0.25, -0.2) is 8.78 Å². The molecule has 2 unspecified atom stereocenters. The average Bonchev–Trinajstić information content (AvgIpc) is 3.84. The third-order valence-electron chi connectivity index (χ3n) is 12.8. The van der Waals surface area contributed by atoms with E-state index in [0.717, 1.165) is 66.1 Å². The number of alkyl halides is 2. The summed E-state index contributed by atoms with van der Waals surface area (Å²) in [4.78, 5) is 72.0. The smallest absolute Gasteiger partial charge is 0.280 e. The Kier molecular flexibility index (Phi) is 12.1. The van der Waals surface area contributed by atoms with Crippen molar-refractivity contribution in [1.29, 1.82) is 0 Å². The highest BCUT2D eigenvalue weighted by molar-refractivity contribution is 7.21. The van der Waals surface area contributed by atoms with Crippen LogP contribution in [0.15, 0.2) is 47.4 Å². The summed E-state index contributed by atoms with van der Waals surface area (Å²) in [5, 5.41) is 5.28. The Morgan fingerprint density at radius 3 is 2.35 bits per heavy atom. The number of halogens is 2. The van der Waals surface area contributed by atoms with Crippen molar-refractivity contribution in [2.24, 2.45) is 13.0 Å². The third kappa shape index (κ3) is 8.53. The fourth-order valence-corrected chi connectivity index (χ4v) is 10.5. The van der Waals surface area contributed by atoms with Gasteiger partial charge in [-0.2, -0.15) is 0 Å². The number of methoxy groups -OCH3 is 2. The molecule has 4 aliphatic rings. The number of fused-ring (bicyclic) bond motifs is 2. The molecule has 14 nitrogen and oxygen atoms in total. The molecular formula is C45H53F2N7O7S. The molecule has 0 bridgehead atoms. The van der Waals surface area contributed by atoms with Gasteiger partial charge in [0.15, 0.2) is 0 Å². The van der Waals surface area contributed by atoms with E-state index >= 15 is 8.78 Å². The van der Waals surface area contributed by atoms with Gasteiger partial charge in [0.25, 0.3) is 23.3 Å². The number of piperidine rings is 3. The van der Waals surface area contributed by atoms with Gasteiger partial charge in [0.1, 0.15) is 17.5 Å². The fourth-order valence-electron chi connectivity index (χ4n) is 9.39. The lowest BCUT2D eigenvalue weighted by Crippen LogP contribution is -2.58. The number of aromatic nitrogens is 1. The first-order valence-electron chi connectivity index (χ1n) is 21.1. The Labute approximate surface area is 362 Å². The van der Waals surface area contributed by atoms with Crippen LogP contribution in [-0.2, 0) is 29.7 Å². The predicted octanol–water partition coefficient (Wildman–Crippen LogP) is 4.85. The van der Waals surface area contributed by atoms with Gasteiger partial charge in [0, 0.05) is 73.9 Å². The lowest BCUT2D eigenvalue weighted by Gasteiger charge is -2.39. The monoisotopic (exact) mass is 873 g/mol. The van der Waals surface area contributed by atoms with E-state index in [1.807, 2.05) is 49.3 Å². The Bertz CT molecular complexity index is 2450. The molecule has 2 aromatic heterocycles. The molecular weight excluding hydrogens is 821 g/mol. The quantitative estimate of drug-likeness (QED) is 0.190. The number of nitrogens with one attached hydrogen (secondary N) is 2. The molecule has 8 rings (SSSR count). The van der Waals surface area contributed by atoms with E-state index in [2.05, 4.69) is 15.5 Å². The normalized spacial score (nSPS) is 20.8. The van der Waals surface area contributed by atoms with Crippen molar-refractivity contribution in [1.82, 2.24) is 29.9 Å². The van der Waals surface area contributed by atoms with Crippen LogP contribution in [0.5, 0.6) is 11.5 Å². The first-order valence-corrected chi connectivity index (χ1v) is 21.9. The number of hydrogen-bond acceptors (Lipinski definition) is 11. The zero-order valence-electron chi connectivity index (χ0n) is 35.7. The van der Waals surface area contributed by atoms with Crippen LogP contribution < -0.4 is 30.6 Å². The molecule has 0 radical (unpaired) electrons. The highest BCUT2D eigenvalue weighted by Crippen LogP contribution is 2.40. The average molecular weight is 874 g/mol. The van der Waals surface area contributed by atoms with E-state index < -0.39 is 36.4 Å². The van der Waals surface area contributed by atoms with E-state index in [-0.39, 0.29) is 35.1 Å². The van der Waals surface area contributed by atoms with Crippen LogP contribution in [0.2, 0.25) is 0 Å². The van der Waals surface area contributed by atoms with Crippen LogP contribution in [-0.4, -0.2) is 122 Å². The van der Waals surface area contributed by atoms with Crippen molar-refractivity contribution in [3.05, 3.63) is 74.5 Å². The highest BCUT2D eigenvalue weighted by Gasteiger charge is 2.46. The minimum Gasteiger partial charge on any atom is -0.496 e. The second kappa shape index (κ2) is 17.4. The van der Waals surface area contributed by atoms with Crippen molar-refractivity contribution in [3.63, 3.8) is 0 Å². The molecule has 0 spiro atoms. The summed E-state index contributed by atoms with van der Waals surface area (Å²) in [5.41, 5.74) is 4.42. The molecule has 2 aromatic carbocycles. The SMILES string of the molecule is COc1cc(-c2cn(C)c(=O)c3cc(C(=O)NC4CCN(CCC5CCN(c6ccc7c(c6)CN(C6CCC(=O)NC6=O)C7=O)CC5)CC4(F)F)sc23)cc(OC)c1CN(C)C. The maximum absolute atomic E-state index is 15.7. The summed E-state index contributed by atoms with van der Waals surface area (Å²) >= 11 is 1.10. The summed E-state index contributed by atoms with van der Waals surface area (Å²) in [7, 11) is 8.69. The first kappa shape index (κ1) is 43.3. The van der Waals surface area contributed by atoms with Gasteiger partial charge < -0.3 is 34.1 Å². The maximum Gasteiger partial charge on any atom is 0.280 e. The molecule has 62 heavy (non-hydrogen) atoms. The number of benzene rings is 2. The number of pyridine rings is 1. The lowest BCUT2D eigenvalue weighted by molar-refractivity contribution is -0.136.